The molecule has 33 heavy (non-hydrogen) atoms. The fourth-order valence-corrected chi connectivity index (χ4v) is 3.97. The number of pyridine rings is 2. The zero-order chi connectivity index (χ0) is 23.8. The molecule has 0 fully saturated rings. The first kappa shape index (κ1) is 24.6. The second-order valence-corrected chi connectivity index (χ2v) is 8.67. The highest BCUT2D eigenvalue weighted by Crippen LogP contribution is 2.24. The predicted molar refractivity (Wildman–Crippen MR) is 133 cm³/mol. The monoisotopic (exact) mass is 470 g/mol. The number of carbonyl (C=O) groups excluding carboxylic acids is 1. The largest absolute Gasteiger partial charge is 0.503 e. The molecule has 176 valence electrons. The summed E-state index contributed by atoms with van der Waals surface area (Å²) in [5.41, 5.74) is 2.06. The molecule has 1 aromatic carbocycles. The molecule has 3 N–H and O–H groups in total. The van der Waals surface area contributed by atoms with E-state index in [0.717, 1.165) is 61.7 Å². The van der Waals surface area contributed by atoms with E-state index in [1.54, 1.807) is 20.2 Å². The minimum Gasteiger partial charge on any atom is -0.503 e. The average Bonchev–Trinajstić information content (AvgIpc) is 2.79. The Morgan fingerprint density at radius 1 is 1.06 bits per heavy atom. The third-order valence-corrected chi connectivity index (χ3v) is 6.02. The number of benzene rings is 1. The Labute approximate surface area is 198 Å². The maximum Gasteiger partial charge on any atom is 0.271 e. The van der Waals surface area contributed by atoms with Gasteiger partial charge in [-0.1, -0.05) is 37.3 Å². The van der Waals surface area contributed by atoms with Gasteiger partial charge in [0.25, 0.3) is 5.91 Å². The quantitative estimate of drug-likeness (QED) is 0.350. The first-order chi connectivity index (χ1) is 15.9. The van der Waals surface area contributed by atoms with Crippen LogP contribution in [-0.4, -0.2) is 33.7 Å². The van der Waals surface area contributed by atoms with E-state index < -0.39 is 17.1 Å². The predicted octanol–water partition coefficient (Wildman–Crippen LogP) is 4.78. The second-order valence-electron chi connectivity index (χ2n) is 8.23. The van der Waals surface area contributed by atoms with Crippen molar-refractivity contribution in [3.63, 3.8) is 0 Å². The number of aromatic nitrogens is 2. The van der Waals surface area contributed by atoms with Crippen LogP contribution in [0, 0.1) is 6.92 Å². The van der Waals surface area contributed by atoms with Crippen LogP contribution in [0.3, 0.4) is 0 Å². The molecular weight excluding hydrogens is 440 g/mol. The Hall–Kier alpha value is -3.06. The van der Waals surface area contributed by atoms with E-state index in [1.807, 2.05) is 24.3 Å². The van der Waals surface area contributed by atoms with Gasteiger partial charge in [0, 0.05) is 54.2 Å². The first-order valence-corrected chi connectivity index (χ1v) is 11.7. The van der Waals surface area contributed by atoms with E-state index in [4.69, 9.17) is 11.6 Å². The van der Waals surface area contributed by atoms with Crippen LogP contribution < -0.4 is 16.1 Å². The van der Waals surface area contributed by atoms with Gasteiger partial charge in [-0.2, -0.15) is 0 Å². The van der Waals surface area contributed by atoms with Crippen LogP contribution in [0.5, 0.6) is 5.75 Å². The van der Waals surface area contributed by atoms with E-state index in [1.165, 1.54) is 10.6 Å². The Balaban J connectivity index is 1.29. The molecule has 0 aliphatic carbocycles. The Kier molecular flexibility index (Phi) is 8.72. The number of aryl methyl sites for hydroxylation is 1. The fourth-order valence-electron chi connectivity index (χ4n) is 3.81. The van der Waals surface area contributed by atoms with Crippen LogP contribution in [0.2, 0.25) is 5.02 Å². The van der Waals surface area contributed by atoms with Gasteiger partial charge < -0.3 is 20.3 Å². The van der Waals surface area contributed by atoms with Crippen molar-refractivity contribution >= 4 is 34.1 Å². The maximum absolute atomic E-state index is 12.4. The van der Waals surface area contributed by atoms with Gasteiger partial charge in [-0.15, -0.1) is 0 Å². The number of fused-ring (bicyclic) bond motifs is 1. The summed E-state index contributed by atoms with van der Waals surface area (Å²) in [5, 5.41) is 18.0. The van der Waals surface area contributed by atoms with Gasteiger partial charge in [0.05, 0.1) is 5.52 Å². The molecule has 0 saturated heterocycles. The SMILES string of the molecule is Cc1cc(=O)c(O)c(C(=O)NCCCCCCCCNc2ccnc3cc(Cl)ccc23)n1C. The van der Waals surface area contributed by atoms with E-state index in [-0.39, 0.29) is 5.69 Å². The summed E-state index contributed by atoms with van der Waals surface area (Å²) < 4.78 is 1.53. The van der Waals surface area contributed by atoms with Gasteiger partial charge in [-0.25, -0.2) is 0 Å². The molecule has 0 saturated carbocycles. The van der Waals surface area contributed by atoms with E-state index >= 15 is 0 Å². The van der Waals surface area contributed by atoms with Crippen LogP contribution >= 0.6 is 11.6 Å². The van der Waals surface area contributed by atoms with Crippen LogP contribution in [-0.2, 0) is 7.05 Å². The molecule has 0 bridgehead atoms. The summed E-state index contributed by atoms with van der Waals surface area (Å²) >= 11 is 6.04. The number of hydrogen-bond donors (Lipinski definition) is 3. The molecule has 0 unspecified atom stereocenters. The number of unbranched alkanes of at least 4 members (excludes halogenated alkanes) is 5. The van der Waals surface area contributed by atoms with Crippen molar-refractivity contribution in [3.05, 3.63) is 63.2 Å². The van der Waals surface area contributed by atoms with Crippen LogP contribution in [0.15, 0.2) is 41.3 Å². The summed E-state index contributed by atoms with van der Waals surface area (Å²) in [5.74, 6) is -0.925. The Bertz CT molecular complexity index is 1180. The molecule has 0 radical (unpaired) electrons. The second kappa shape index (κ2) is 11.7. The molecular formula is C25H31ClN4O3. The molecule has 7 nitrogen and oxygen atoms in total. The van der Waals surface area contributed by atoms with Crippen LogP contribution in [0.4, 0.5) is 5.69 Å². The minimum absolute atomic E-state index is 0.0116. The molecule has 3 aromatic rings. The Morgan fingerprint density at radius 3 is 2.52 bits per heavy atom. The highest BCUT2D eigenvalue weighted by Gasteiger charge is 2.17. The summed E-state index contributed by atoms with van der Waals surface area (Å²) in [7, 11) is 1.66. The number of nitrogens with zero attached hydrogens (tertiary/aromatic N) is 2. The molecule has 3 rings (SSSR count). The van der Waals surface area contributed by atoms with Crippen molar-refractivity contribution in [1.29, 1.82) is 0 Å². The third-order valence-electron chi connectivity index (χ3n) is 5.79. The summed E-state index contributed by atoms with van der Waals surface area (Å²) in [6, 6.07) is 9.04. The van der Waals surface area contributed by atoms with Gasteiger partial charge >= 0.3 is 0 Å². The number of carbonyl (C=O) groups is 1. The lowest BCUT2D eigenvalue weighted by atomic mass is 10.1. The van der Waals surface area contributed by atoms with Crippen molar-refractivity contribution in [2.24, 2.45) is 7.05 Å². The van der Waals surface area contributed by atoms with Crippen molar-refractivity contribution in [2.45, 2.75) is 45.4 Å². The fraction of sp³-hybridized carbons (Fsp3) is 0.400. The number of rotatable bonds is 11. The molecule has 2 aromatic heterocycles. The molecule has 0 atom stereocenters. The maximum atomic E-state index is 12.4. The highest BCUT2D eigenvalue weighted by atomic mass is 35.5. The average molecular weight is 471 g/mol. The summed E-state index contributed by atoms with van der Waals surface area (Å²) in [6.07, 6.45) is 8.11. The van der Waals surface area contributed by atoms with Gasteiger partial charge in [-0.05, 0) is 44.0 Å². The molecule has 1 amide bonds. The minimum atomic E-state index is -0.535. The van der Waals surface area contributed by atoms with E-state index in [9.17, 15) is 14.7 Å². The van der Waals surface area contributed by atoms with Crippen molar-refractivity contribution in [3.8, 4) is 5.75 Å². The van der Waals surface area contributed by atoms with Crippen LogP contribution in [0.25, 0.3) is 10.9 Å². The number of nitrogens with one attached hydrogen (secondary N) is 2. The van der Waals surface area contributed by atoms with Crippen LogP contribution in [0.1, 0.15) is 54.7 Å². The number of amides is 1. The molecule has 0 aliphatic rings. The summed E-state index contributed by atoms with van der Waals surface area (Å²) in [6.45, 7) is 3.14. The number of anilines is 1. The number of aromatic hydroxyl groups is 1. The molecule has 8 heteroatoms. The lowest BCUT2D eigenvalue weighted by Crippen LogP contribution is -2.29. The van der Waals surface area contributed by atoms with Gasteiger partial charge in [0.2, 0.25) is 5.43 Å². The first-order valence-electron chi connectivity index (χ1n) is 11.3. The topological polar surface area (TPSA) is 96.2 Å². The number of halogens is 1. The molecule has 0 aliphatic heterocycles. The normalized spacial score (nSPS) is 11.0. The smallest absolute Gasteiger partial charge is 0.271 e. The van der Waals surface area contributed by atoms with E-state index in [2.05, 4.69) is 15.6 Å². The lowest BCUT2D eigenvalue weighted by Gasteiger charge is -2.13. The van der Waals surface area contributed by atoms with Crippen molar-refractivity contribution in [1.82, 2.24) is 14.9 Å². The number of hydrogen-bond acceptors (Lipinski definition) is 5. The zero-order valence-corrected chi connectivity index (χ0v) is 19.9. The zero-order valence-electron chi connectivity index (χ0n) is 19.2. The van der Waals surface area contributed by atoms with Gasteiger partial charge in [-0.3, -0.25) is 14.6 Å². The highest BCUT2D eigenvalue weighted by molar-refractivity contribution is 6.31. The standard InChI is InChI=1S/C25H31ClN4O3/c1-17-15-22(31)24(32)23(30(17)2)25(33)29-13-8-6-4-3-5-7-12-27-20-11-14-28-21-16-18(26)9-10-19(20)21/h9-11,14-16,32H,3-8,12-13H2,1-2H3,(H,27,28)(H,29,33). The lowest BCUT2D eigenvalue weighted by molar-refractivity contribution is 0.0940. The van der Waals surface area contributed by atoms with Gasteiger partial charge in [0.1, 0.15) is 0 Å². The van der Waals surface area contributed by atoms with Crippen molar-refractivity contribution < 1.29 is 9.90 Å². The third kappa shape index (κ3) is 6.48. The molecule has 0 spiro atoms. The van der Waals surface area contributed by atoms with Crippen molar-refractivity contribution in [2.75, 3.05) is 18.4 Å². The van der Waals surface area contributed by atoms with E-state index in [0.29, 0.717) is 17.3 Å². The molecule has 2 heterocycles. The van der Waals surface area contributed by atoms with Gasteiger partial charge in [0.15, 0.2) is 11.4 Å². The Morgan fingerprint density at radius 2 is 1.76 bits per heavy atom. The summed E-state index contributed by atoms with van der Waals surface area (Å²) in [4.78, 5) is 28.5.